The minimum atomic E-state index is -0.0412. The minimum Gasteiger partial charge on any atom is -0.497 e. The fraction of sp³-hybridized carbons (Fsp3) is 0.192. The third-order valence-electron chi connectivity index (χ3n) is 5.41. The summed E-state index contributed by atoms with van der Waals surface area (Å²) >= 11 is 1.33. The van der Waals surface area contributed by atoms with Gasteiger partial charge in [-0.05, 0) is 73.7 Å². The van der Waals surface area contributed by atoms with Gasteiger partial charge in [-0.1, -0.05) is 11.8 Å². The van der Waals surface area contributed by atoms with Gasteiger partial charge in [0.2, 0.25) is 6.79 Å². The lowest BCUT2D eigenvalue weighted by Gasteiger charge is -2.12. The fourth-order valence-corrected chi connectivity index (χ4v) is 4.51. The number of hydrogen-bond acceptors (Lipinski definition) is 8. The van der Waals surface area contributed by atoms with E-state index in [0.717, 1.165) is 22.7 Å². The van der Waals surface area contributed by atoms with Crippen LogP contribution in [0.4, 0.5) is 0 Å². The highest BCUT2D eigenvalue weighted by atomic mass is 32.2. The monoisotopic (exact) mass is 489 g/mol. The molecule has 8 nitrogen and oxygen atoms in total. The zero-order valence-electron chi connectivity index (χ0n) is 19.3. The van der Waals surface area contributed by atoms with E-state index < -0.39 is 0 Å². The topological polar surface area (TPSA) is 84.7 Å². The number of methoxy groups -OCH3 is 1. The molecule has 0 radical (unpaired) electrons. The van der Waals surface area contributed by atoms with Crippen LogP contribution in [0.2, 0.25) is 0 Å². The lowest BCUT2D eigenvalue weighted by Crippen LogP contribution is -2.05. The van der Waals surface area contributed by atoms with Crippen LogP contribution >= 0.6 is 11.8 Å². The van der Waals surface area contributed by atoms with E-state index >= 15 is 0 Å². The molecule has 0 bridgehead atoms. The molecule has 0 spiro atoms. The van der Waals surface area contributed by atoms with Crippen molar-refractivity contribution in [3.05, 3.63) is 72.3 Å². The standard InChI is InChI=1S/C26H23N3O5S/c1-3-32-21-11-7-19(8-12-21)29-25(17-4-9-20(31-2)10-5-17)27-28-26(29)35-15-22(30)18-6-13-23-24(14-18)34-16-33-23/h4-14H,3,15-16H2,1-2H3. The summed E-state index contributed by atoms with van der Waals surface area (Å²) in [6, 6.07) is 20.5. The van der Waals surface area contributed by atoms with Gasteiger partial charge in [0.05, 0.1) is 19.5 Å². The Hall–Kier alpha value is -3.98. The van der Waals surface area contributed by atoms with Gasteiger partial charge < -0.3 is 18.9 Å². The van der Waals surface area contributed by atoms with Crippen molar-refractivity contribution in [2.45, 2.75) is 12.1 Å². The van der Waals surface area contributed by atoms with Gasteiger partial charge in [0.25, 0.3) is 0 Å². The van der Waals surface area contributed by atoms with Gasteiger partial charge in [0, 0.05) is 16.8 Å². The van der Waals surface area contributed by atoms with E-state index in [-0.39, 0.29) is 18.3 Å². The molecule has 9 heteroatoms. The van der Waals surface area contributed by atoms with E-state index in [1.54, 1.807) is 25.3 Å². The number of nitrogens with zero attached hydrogens (tertiary/aromatic N) is 3. The molecule has 35 heavy (non-hydrogen) atoms. The van der Waals surface area contributed by atoms with E-state index in [2.05, 4.69) is 10.2 Å². The first-order valence-electron chi connectivity index (χ1n) is 11.0. The van der Waals surface area contributed by atoms with Crippen molar-refractivity contribution in [2.75, 3.05) is 26.3 Å². The van der Waals surface area contributed by atoms with Crippen molar-refractivity contribution < 1.29 is 23.7 Å². The Balaban J connectivity index is 1.44. The Labute approximate surface area is 206 Å². The fourth-order valence-electron chi connectivity index (χ4n) is 3.66. The van der Waals surface area contributed by atoms with Crippen molar-refractivity contribution in [1.29, 1.82) is 0 Å². The van der Waals surface area contributed by atoms with Crippen molar-refractivity contribution >= 4 is 17.5 Å². The van der Waals surface area contributed by atoms with Crippen LogP contribution in [0.3, 0.4) is 0 Å². The number of ether oxygens (including phenoxy) is 4. The Bertz CT molecular complexity index is 1340. The lowest BCUT2D eigenvalue weighted by molar-refractivity contribution is 0.102. The van der Waals surface area contributed by atoms with Crippen LogP contribution in [0.5, 0.6) is 23.0 Å². The number of carbonyl (C=O) groups is 1. The first kappa shape index (κ1) is 22.8. The molecule has 1 aliphatic heterocycles. The van der Waals surface area contributed by atoms with Crippen LogP contribution in [-0.2, 0) is 0 Å². The van der Waals surface area contributed by atoms with Crippen LogP contribution in [-0.4, -0.2) is 46.8 Å². The summed E-state index contributed by atoms with van der Waals surface area (Å²) in [5, 5.41) is 9.46. The van der Waals surface area contributed by atoms with Crippen LogP contribution in [0.15, 0.2) is 71.9 Å². The van der Waals surface area contributed by atoms with Gasteiger partial charge in [-0.15, -0.1) is 10.2 Å². The molecule has 0 N–H and O–H groups in total. The third-order valence-corrected chi connectivity index (χ3v) is 6.34. The number of carbonyl (C=O) groups excluding carboxylic acids is 1. The second-order valence-electron chi connectivity index (χ2n) is 7.58. The number of benzene rings is 3. The average molecular weight is 490 g/mol. The maximum atomic E-state index is 12.9. The van der Waals surface area contributed by atoms with Crippen molar-refractivity contribution in [3.63, 3.8) is 0 Å². The van der Waals surface area contributed by atoms with Crippen molar-refractivity contribution in [2.24, 2.45) is 0 Å². The molecular formula is C26H23N3O5S. The highest BCUT2D eigenvalue weighted by Gasteiger charge is 2.20. The Kier molecular flexibility index (Phi) is 6.58. The average Bonchev–Trinajstić information content (AvgIpc) is 3.54. The summed E-state index contributed by atoms with van der Waals surface area (Å²) in [4.78, 5) is 12.9. The second kappa shape index (κ2) is 10.1. The number of aromatic nitrogens is 3. The normalized spacial score (nSPS) is 11.9. The lowest BCUT2D eigenvalue weighted by atomic mass is 10.1. The molecule has 0 saturated heterocycles. The number of hydrogen-bond donors (Lipinski definition) is 0. The van der Waals surface area contributed by atoms with Crippen LogP contribution < -0.4 is 18.9 Å². The zero-order chi connectivity index (χ0) is 24.2. The number of fused-ring (bicyclic) bond motifs is 1. The summed E-state index contributed by atoms with van der Waals surface area (Å²) in [5.41, 5.74) is 2.30. The van der Waals surface area contributed by atoms with Crippen LogP contribution in [0.25, 0.3) is 17.1 Å². The molecule has 1 aromatic heterocycles. The zero-order valence-corrected chi connectivity index (χ0v) is 20.1. The van der Waals surface area contributed by atoms with Crippen molar-refractivity contribution in [1.82, 2.24) is 14.8 Å². The molecule has 0 atom stereocenters. The molecule has 0 aliphatic carbocycles. The highest BCUT2D eigenvalue weighted by Crippen LogP contribution is 2.34. The van der Waals surface area contributed by atoms with E-state index in [1.807, 2.05) is 60.0 Å². The maximum absolute atomic E-state index is 12.9. The van der Waals surface area contributed by atoms with Gasteiger partial charge in [0.1, 0.15) is 11.5 Å². The summed E-state index contributed by atoms with van der Waals surface area (Å²) in [7, 11) is 1.63. The predicted molar refractivity (Wildman–Crippen MR) is 132 cm³/mol. The van der Waals surface area contributed by atoms with Crippen LogP contribution in [0.1, 0.15) is 17.3 Å². The van der Waals surface area contributed by atoms with E-state index in [1.165, 1.54) is 11.8 Å². The largest absolute Gasteiger partial charge is 0.497 e. The quantitative estimate of drug-likeness (QED) is 0.239. The van der Waals surface area contributed by atoms with Gasteiger partial charge in [-0.3, -0.25) is 9.36 Å². The molecule has 2 heterocycles. The molecule has 0 saturated carbocycles. The second-order valence-corrected chi connectivity index (χ2v) is 8.52. The molecule has 4 aromatic rings. The number of thioether (sulfide) groups is 1. The maximum Gasteiger partial charge on any atom is 0.231 e. The number of rotatable bonds is 9. The summed E-state index contributed by atoms with van der Waals surface area (Å²) in [6.07, 6.45) is 0. The van der Waals surface area contributed by atoms with Gasteiger partial charge in [0.15, 0.2) is 28.3 Å². The summed E-state index contributed by atoms with van der Waals surface area (Å²) < 4.78 is 23.5. The first-order chi connectivity index (χ1) is 17.2. The van der Waals surface area contributed by atoms with E-state index in [0.29, 0.717) is 34.7 Å². The molecule has 0 unspecified atom stereocenters. The molecule has 5 rings (SSSR count). The van der Waals surface area contributed by atoms with E-state index in [4.69, 9.17) is 18.9 Å². The Morgan fingerprint density at radius 1 is 0.971 bits per heavy atom. The van der Waals surface area contributed by atoms with Gasteiger partial charge in [-0.25, -0.2) is 0 Å². The molecule has 1 aliphatic rings. The highest BCUT2D eigenvalue weighted by molar-refractivity contribution is 7.99. The number of ketones is 1. The van der Waals surface area contributed by atoms with E-state index in [9.17, 15) is 4.79 Å². The SMILES string of the molecule is CCOc1ccc(-n2c(SCC(=O)c3ccc4c(c3)OCO4)nnc2-c2ccc(OC)cc2)cc1. The predicted octanol–water partition coefficient (Wildman–Crippen LogP) is 5.05. The summed E-state index contributed by atoms with van der Waals surface area (Å²) in [6.45, 7) is 2.70. The van der Waals surface area contributed by atoms with Crippen molar-refractivity contribution in [3.8, 4) is 40.1 Å². The smallest absolute Gasteiger partial charge is 0.231 e. The summed E-state index contributed by atoms with van der Waals surface area (Å²) in [5.74, 6) is 3.58. The Morgan fingerprint density at radius 3 is 2.46 bits per heavy atom. The van der Waals surface area contributed by atoms with Crippen LogP contribution in [0, 0.1) is 0 Å². The first-order valence-corrected chi connectivity index (χ1v) is 12.0. The Morgan fingerprint density at radius 2 is 1.71 bits per heavy atom. The minimum absolute atomic E-state index is 0.0412. The van der Waals surface area contributed by atoms with Gasteiger partial charge >= 0.3 is 0 Å². The van der Waals surface area contributed by atoms with Gasteiger partial charge in [-0.2, -0.15) is 0 Å². The molecule has 0 amide bonds. The third kappa shape index (κ3) is 4.81. The number of Topliss-reactive ketones (excluding diaryl/α,β-unsaturated/α-hetero) is 1. The molecule has 178 valence electrons. The molecule has 0 fully saturated rings. The molecule has 3 aromatic carbocycles. The molecular weight excluding hydrogens is 466 g/mol.